The van der Waals surface area contributed by atoms with Gasteiger partial charge in [-0.3, -0.25) is 12.9 Å². The highest BCUT2D eigenvalue weighted by atomic mass is 19.4. The second kappa shape index (κ2) is 3.92. The van der Waals surface area contributed by atoms with Gasteiger partial charge in [0.05, 0.1) is 8.41 Å². The summed E-state index contributed by atoms with van der Waals surface area (Å²) in [7, 11) is -3.67. The normalized spacial score (nSPS) is 5.40. The van der Waals surface area contributed by atoms with Gasteiger partial charge in [-0.05, 0) is 0 Å². The van der Waals surface area contributed by atoms with Gasteiger partial charge in [0.2, 0.25) is 0 Å². The average molecular weight is 81.6 g/mol. The Bertz CT molecular complexity index is 9.61. The largest absolute Gasteiger partial charge is 0.762 e. The standard InChI is InChI=1S/BF3.BH3/c2-1(3)4;/h;1H3. The maximum absolute atomic E-state index is 9.67. The molecule has 30 valence electrons. The predicted molar refractivity (Wildman–Crippen MR) is 19.0 cm³/mol. The van der Waals surface area contributed by atoms with Gasteiger partial charge in [0.1, 0.15) is 0 Å². The van der Waals surface area contributed by atoms with Crippen LogP contribution in [0, 0.1) is 0 Å². The van der Waals surface area contributed by atoms with E-state index in [1.807, 2.05) is 0 Å². The molecule has 0 N–H and O–H groups in total. The molecule has 0 aromatic heterocycles. The van der Waals surface area contributed by atoms with Gasteiger partial charge in [0.15, 0.2) is 0 Å². The molecule has 0 nitrogen and oxygen atoms in total. The van der Waals surface area contributed by atoms with Crippen LogP contribution in [0.3, 0.4) is 0 Å². The summed E-state index contributed by atoms with van der Waals surface area (Å²) in [5.74, 6) is 0. The zero-order valence-corrected chi connectivity index (χ0v) is 1.71. The van der Waals surface area contributed by atoms with Crippen molar-refractivity contribution < 1.29 is 12.9 Å². The third kappa shape index (κ3) is 2250. The smallest absolute Gasteiger partial charge is 0.254 e. The van der Waals surface area contributed by atoms with Crippen LogP contribution in [0.4, 0.5) is 12.9 Å². The third-order valence-electron chi connectivity index (χ3n) is 0. The van der Waals surface area contributed by atoms with Crippen molar-refractivity contribution in [2.45, 2.75) is 0 Å². The van der Waals surface area contributed by atoms with Crippen LogP contribution in [0.1, 0.15) is 0 Å². The fourth-order valence-electron chi connectivity index (χ4n) is 0. The van der Waals surface area contributed by atoms with Gasteiger partial charge in [-0.1, -0.05) is 0 Å². The van der Waals surface area contributed by atoms with Crippen molar-refractivity contribution in [3.05, 3.63) is 0 Å². The molecule has 0 unspecified atom stereocenters. The molecule has 0 bridgehead atoms. The fraction of sp³-hybridized carbons (Fsp3) is 0. The first kappa shape index (κ1) is 8.87. The molecule has 0 aliphatic rings. The van der Waals surface area contributed by atoms with E-state index in [1.54, 1.807) is 0 Å². The summed E-state index contributed by atoms with van der Waals surface area (Å²) in [6, 6.07) is 0. The minimum Gasteiger partial charge on any atom is -0.254 e. The van der Waals surface area contributed by atoms with Gasteiger partial charge in [-0.25, -0.2) is 0 Å². The Morgan fingerprint density at radius 3 is 1.00 bits per heavy atom. The summed E-state index contributed by atoms with van der Waals surface area (Å²) < 4.78 is 29.0. The number of hydrogen-bond acceptors (Lipinski definition) is 0. The van der Waals surface area contributed by atoms with Gasteiger partial charge < -0.3 is 0 Å². The lowest BCUT2D eigenvalue weighted by atomic mass is 10.5. The molecule has 0 rings (SSSR count). The Balaban J connectivity index is 0. The minimum absolute atomic E-state index is 0. The summed E-state index contributed by atoms with van der Waals surface area (Å²) in [6.45, 7) is 0. The Kier molecular flexibility index (Phi) is 6.95. The summed E-state index contributed by atoms with van der Waals surface area (Å²) >= 11 is 0. The van der Waals surface area contributed by atoms with Crippen LogP contribution >= 0.6 is 0 Å². The lowest BCUT2D eigenvalue weighted by Crippen LogP contribution is -1.76. The van der Waals surface area contributed by atoms with Crippen molar-refractivity contribution in [1.82, 2.24) is 0 Å². The Hall–Kier alpha value is -0.0801. The van der Waals surface area contributed by atoms with Crippen molar-refractivity contribution in [3.63, 3.8) is 0 Å². The second-order valence-electron chi connectivity index (χ2n) is 0.247. The number of halogens is 3. The molecule has 5 heavy (non-hydrogen) atoms. The van der Waals surface area contributed by atoms with Crippen LogP contribution in [0.25, 0.3) is 0 Å². The highest BCUT2D eigenvalue weighted by Crippen LogP contribution is 1.80. The van der Waals surface area contributed by atoms with Crippen LogP contribution in [0.15, 0.2) is 0 Å². The lowest BCUT2D eigenvalue weighted by molar-refractivity contribution is 0.535. The molecule has 0 saturated carbocycles. The zero-order chi connectivity index (χ0) is 3.58. The molecular formula is H3B2F3. The number of hydrogen-bond donors (Lipinski definition) is 0. The van der Waals surface area contributed by atoms with Crippen LogP contribution in [-0.2, 0) is 0 Å². The molecule has 0 saturated heterocycles. The first-order valence-corrected chi connectivity index (χ1v) is 0.655. The van der Waals surface area contributed by atoms with E-state index in [4.69, 9.17) is 0 Å². The van der Waals surface area contributed by atoms with Gasteiger partial charge in [0.25, 0.3) is 0 Å². The maximum atomic E-state index is 9.67. The molecular weight excluding hydrogens is 78.6 g/mol. The van der Waals surface area contributed by atoms with E-state index in [-0.39, 0.29) is 8.41 Å². The van der Waals surface area contributed by atoms with E-state index in [1.165, 1.54) is 0 Å². The van der Waals surface area contributed by atoms with E-state index in [0.717, 1.165) is 0 Å². The monoisotopic (exact) mass is 82.0 g/mol. The van der Waals surface area contributed by atoms with Gasteiger partial charge in [-0.15, -0.1) is 0 Å². The van der Waals surface area contributed by atoms with Crippen molar-refractivity contribution in [1.29, 1.82) is 0 Å². The Morgan fingerprint density at radius 2 is 1.00 bits per heavy atom. The van der Waals surface area contributed by atoms with E-state index >= 15 is 0 Å². The average Bonchev–Trinajstić information content (AvgIpc) is 0.811. The summed E-state index contributed by atoms with van der Waals surface area (Å²) in [4.78, 5) is 0. The fourth-order valence-corrected chi connectivity index (χ4v) is 0. The number of rotatable bonds is 0. The van der Waals surface area contributed by atoms with Crippen LogP contribution in [0.2, 0.25) is 0 Å². The summed E-state index contributed by atoms with van der Waals surface area (Å²) in [5, 5.41) is 0. The van der Waals surface area contributed by atoms with Crippen molar-refractivity contribution >= 4 is 16.0 Å². The molecule has 0 aromatic rings. The Labute approximate surface area is 30.2 Å². The van der Waals surface area contributed by atoms with Crippen LogP contribution < -0.4 is 0 Å². The predicted octanol–water partition coefficient (Wildman–Crippen LogP) is -0.304. The second-order valence-corrected chi connectivity index (χ2v) is 0.247. The molecule has 0 spiro atoms. The molecule has 0 heterocycles. The van der Waals surface area contributed by atoms with Crippen molar-refractivity contribution in [2.75, 3.05) is 0 Å². The van der Waals surface area contributed by atoms with Crippen LogP contribution in [0.5, 0.6) is 0 Å². The van der Waals surface area contributed by atoms with Crippen molar-refractivity contribution in [2.24, 2.45) is 0 Å². The quantitative estimate of drug-likeness (QED) is 0.351. The van der Waals surface area contributed by atoms with Crippen LogP contribution in [-0.4, -0.2) is 16.0 Å². The zero-order valence-electron chi connectivity index (χ0n) is 1.71. The first-order chi connectivity index (χ1) is 1.73. The minimum atomic E-state index is -3.67. The molecule has 0 radical (unpaired) electrons. The van der Waals surface area contributed by atoms with E-state index in [9.17, 15) is 12.9 Å². The first-order valence-electron chi connectivity index (χ1n) is 0.655. The maximum Gasteiger partial charge on any atom is 0.762 e. The molecule has 0 aromatic carbocycles. The SMILES string of the molecule is B.FB(F)F. The third-order valence-corrected chi connectivity index (χ3v) is 0. The highest BCUT2D eigenvalue weighted by Gasteiger charge is 2.06. The molecule has 5 heteroatoms. The van der Waals surface area contributed by atoms with Gasteiger partial charge in [0, 0.05) is 0 Å². The lowest BCUT2D eigenvalue weighted by Gasteiger charge is -1.55. The molecule has 0 amide bonds. The molecule has 0 aliphatic heterocycles. The van der Waals surface area contributed by atoms with E-state index in [0.29, 0.717) is 0 Å². The molecule has 0 atom stereocenters. The summed E-state index contributed by atoms with van der Waals surface area (Å²) in [6.07, 6.45) is 0. The Morgan fingerprint density at radius 1 is 1.00 bits per heavy atom. The van der Waals surface area contributed by atoms with E-state index < -0.39 is 7.54 Å². The summed E-state index contributed by atoms with van der Waals surface area (Å²) in [5.41, 5.74) is 0. The van der Waals surface area contributed by atoms with Gasteiger partial charge in [-0.2, -0.15) is 0 Å². The topological polar surface area (TPSA) is 0 Å². The highest BCUT2D eigenvalue weighted by molar-refractivity contribution is 6.33. The van der Waals surface area contributed by atoms with E-state index in [2.05, 4.69) is 0 Å². The van der Waals surface area contributed by atoms with Gasteiger partial charge >= 0.3 is 7.54 Å². The molecule has 0 fully saturated rings. The molecule has 0 aliphatic carbocycles. The van der Waals surface area contributed by atoms with Crippen molar-refractivity contribution in [3.8, 4) is 0 Å².